The summed E-state index contributed by atoms with van der Waals surface area (Å²) in [5, 5.41) is 4.38. The highest BCUT2D eigenvalue weighted by Gasteiger charge is 2.24. The molecule has 0 saturated heterocycles. The first-order valence-electron chi connectivity index (χ1n) is 7.33. The summed E-state index contributed by atoms with van der Waals surface area (Å²) >= 11 is 0. The van der Waals surface area contributed by atoms with Crippen LogP contribution in [0.2, 0.25) is 0 Å². The molecule has 0 aliphatic heterocycles. The Morgan fingerprint density at radius 3 is 2.62 bits per heavy atom. The molecule has 0 aliphatic carbocycles. The Bertz CT molecular complexity index is 570. The van der Waals surface area contributed by atoms with Crippen LogP contribution in [0.4, 0.5) is 0 Å². The van der Waals surface area contributed by atoms with E-state index in [0.29, 0.717) is 5.92 Å². The van der Waals surface area contributed by atoms with Crippen molar-refractivity contribution < 1.29 is 13.9 Å². The lowest BCUT2D eigenvalue weighted by atomic mass is 10.0. The van der Waals surface area contributed by atoms with Crippen molar-refractivity contribution in [2.75, 3.05) is 7.11 Å². The van der Waals surface area contributed by atoms with Crippen LogP contribution >= 0.6 is 0 Å². The number of carbonyl (C=O) groups excluding carboxylic acids is 1. The van der Waals surface area contributed by atoms with Crippen molar-refractivity contribution in [3.05, 3.63) is 36.1 Å². The number of hydrogen-bond donors (Lipinski definition) is 1. The molecule has 0 aliphatic rings. The molecule has 0 amide bonds. The van der Waals surface area contributed by atoms with E-state index in [1.165, 1.54) is 7.11 Å². The summed E-state index contributed by atoms with van der Waals surface area (Å²) in [7, 11) is 1.42. The van der Waals surface area contributed by atoms with Crippen molar-refractivity contribution in [1.29, 1.82) is 0 Å². The lowest BCUT2D eigenvalue weighted by molar-refractivity contribution is -0.143. The van der Waals surface area contributed by atoms with E-state index in [4.69, 9.17) is 9.15 Å². The minimum Gasteiger partial charge on any atom is -0.468 e. The highest BCUT2D eigenvalue weighted by atomic mass is 16.5. The van der Waals surface area contributed by atoms with Gasteiger partial charge in [-0.3, -0.25) is 10.1 Å². The van der Waals surface area contributed by atoms with Crippen molar-refractivity contribution in [3.8, 4) is 0 Å². The van der Waals surface area contributed by atoms with Gasteiger partial charge in [0.15, 0.2) is 0 Å². The first kappa shape index (κ1) is 15.6. The summed E-state index contributed by atoms with van der Waals surface area (Å²) in [4.78, 5) is 11.9. The van der Waals surface area contributed by atoms with Crippen LogP contribution in [-0.2, 0) is 9.53 Å². The van der Waals surface area contributed by atoms with Gasteiger partial charge in [0.25, 0.3) is 0 Å². The largest absolute Gasteiger partial charge is 0.468 e. The molecule has 2 unspecified atom stereocenters. The molecular formula is C17H23NO3. The van der Waals surface area contributed by atoms with Gasteiger partial charge in [-0.15, -0.1) is 0 Å². The number of furan rings is 1. The van der Waals surface area contributed by atoms with Crippen LogP contribution in [-0.4, -0.2) is 19.1 Å². The molecule has 1 aromatic carbocycles. The number of para-hydroxylation sites is 1. The number of nitrogens with one attached hydrogen (secondary N) is 1. The molecule has 4 heteroatoms. The lowest BCUT2D eigenvalue weighted by Crippen LogP contribution is -2.40. The Morgan fingerprint density at radius 1 is 1.29 bits per heavy atom. The fourth-order valence-corrected chi connectivity index (χ4v) is 2.45. The van der Waals surface area contributed by atoms with Gasteiger partial charge in [0.2, 0.25) is 0 Å². The maximum absolute atomic E-state index is 11.9. The lowest BCUT2D eigenvalue weighted by Gasteiger charge is -2.21. The summed E-state index contributed by atoms with van der Waals surface area (Å²) in [6.07, 6.45) is 0.733. The third-order valence-corrected chi connectivity index (χ3v) is 3.52. The summed E-state index contributed by atoms with van der Waals surface area (Å²) in [6.45, 7) is 6.17. The van der Waals surface area contributed by atoms with Gasteiger partial charge >= 0.3 is 5.97 Å². The molecule has 2 aromatic rings. The van der Waals surface area contributed by atoms with Crippen LogP contribution in [0.25, 0.3) is 11.0 Å². The molecule has 114 valence electrons. The molecule has 2 rings (SSSR count). The van der Waals surface area contributed by atoms with E-state index in [0.717, 1.165) is 23.2 Å². The normalized spacial score (nSPS) is 14.3. The number of fused-ring (bicyclic) bond motifs is 1. The van der Waals surface area contributed by atoms with Gasteiger partial charge in [-0.2, -0.15) is 0 Å². The quantitative estimate of drug-likeness (QED) is 0.824. The second-order valence-corrected chi connectivity index (χ2v) is 5.78. The average Bonchev–Trinajstić information content (AvgIpc) is 2.89. The van der Waals surface area contributed by atoms with Crippen molar-refractivity contribution >= 4 is 16.9 Å². The van der Waals surface area contributed by atoms with Gasteiger partial charge in [-0.1, -0.05) is 32.0 Å². The van der Waals surface area contributed by atoms with Crippen LogP contribution in [0.3, 0.4) is 0 Å². The molecule has 21 heavy (non-hydrogen) atoms. The fraction of sp³-hybridized carbons (Fsp3) is 0.471. The topological polar surface area (TPSA) is 51.5 Å². The second-order valence-electron chi connectivity index (χ2n) is 5.78. The maximum atomic E-state index is 11.9. The van der Waals surface area contributed by atoms with Crippen molar-refractivity contribution in [2.24, 2.45) is 5.92 Å². The smallest absolute Gasteiger partial charge is 0.322 e. The summed E-state index contributed by atoms with van der Waals surface area (Å²) < 4.78 is 10.7. The summed E-state index contributed by atoms with van der Waals surface area (Å²) in [5.74, 6) is 1.00. The Kier molecular flexibility index (Phi) is 5.02. The summed E-state index contributed by atoms with van der Waals surface area (Å²) in [6, 6.07) is 9.52. The zero-order chi connectivity index (χ0) is 15.4. The first-order valence-corrected chi connectivity index (χ1v) is 7.33. The molecule has 0 fully saturated rings. The van der Waals surface area contributed by atoms with Gasteiger partial charge in [-0.05, 0) is 31.4 Å². The molecule has 1 heterocycles. The van der Waals surface area contributed by atoms with Crippen LogP contribution in [0.5, 0.6) is 0 Å². The fourth-order valence-electron chi connectivity index (χ4n) is 2.45. The number of ether oxygens (including phenoxy) is 1. The number of carbonyl (C=O) groups is 1. The third-order valence-electron chi connectivity index (χ3n) is 3.52. The molecule has 4 nitrogen and oxygen atoms in total. The Balaban J connectivity index is 2.13. The van der Waals surface area contributed by atoms with Gasteiger partial charge in [0.05, 0.1) is 13.2 Å². The Hall–Kier alpha value is -1.81. The molecule has 0 bridgehead atoms. The molecule has 0 radical (unpaired) electrons. The number of rotatable bonds is 6. The molecule has 2 atom stereocenters. The predicted octanol–water partition coefficient (Wildman–Crippen LogP) is 3.67. The van der Waals surface area contributed by atoms with Gasteiger partial charge in [0.1, 0.15) is 17.4 Å². The standard InChI is InChI=1S/C17H23NO3/c1-11(2)9-14(17(19)20-4)18-12(3)16-10-13-7-5-6-8-15(13)21-16/h5-8,10-12,14,18H,9H2,1-4H3. The molecule has 1 aromatic heterocycles. The van der Waals surface area contributed by atoms with E-state index in [-0.39, 0.29) is 18.1 Å². The third kappa shape index (κ3) is 3.85. The highest BCUT2D eigenvalue weighted by Crippen LogP contribution is 2.24. The Labute approximate surface area is 125 Å². The van der Waals surface area contributed by atoms with Gasteiger partial charge in [0, 0.05) is 5.39 Å². The SMILES string of the molecule is COC(=O)C(CC(C)C)NC(C)c1cc2ccccc2o1. The van der Waals surface area contributed by atoms with E-state index in [1.807, 2.05) is 37.3 Å². The van der Waals surface area contributed by atoms with E-state index in [9.17, 15) is 4.79 Å². The predicted molar refractivity (Wildman–Crippen MR) is 83.0 cm³/mol. The van der Waals surface area contributed by atoms with E-state index in [1.54, 1.807) is 0 Å². The zero-order valence-corrected chi connectivity index (χ0v) is 13.1. The first-order chi connectivity index (χ1) is 10.0. The van der Waals surface area contributed by atoms with Crippen LogP contribution in [0, 0.1) is 5.92 Å². The van der Waals surface area contributed by atoms with Crippen molar-refractivity contribution in [1.82, 2.24) is 5.32 Å². The van der Waals surface area contributed by atoms with Gasteiger partial charge < -0.3 is 9.15 Å². The van der Waals surface area contributed by atoms with E-state index >= 15 is 0 Å². The number of esters is 1. The molecule has 0 saturated carbocycles. The van der Waals surface area contributed by atoms with E-state index in [2.05, 4.69) is 19.2 Å². The number of hydrogen-bond acceptors (Lipinski definition) is 4. The maximum Gasteiger partial charge on any atom is 0.322 e. The van der Waals surface area contributed by atoms with Crippen LogP contribution in [0.15, 0.2) is 34.7 Å². The number of benzene rings is 1. The van der Waals surface area contributed by atoms with E-state index < -0.39 is 0 Å². The minimum absolute atomic E-state index is 0.0553. The highest BCUT2D eigenvalue weighted by molar-refractivity contribution is 5.78. The van der Waals surface area contributed by atoms with Crippen molar-refractivity contribution in [2.45, 2.75) is 39.3 Å². The Morgan fingerprint density at radius 2 is 2.00 bits per heavy atom. The van der Waals surface area contributed by atoms with Crippen molar-refractivity contribution in [3.63, 3.8) is 0 Å². The van der Waals surface area contributed by atoms with Crippen LogP contribution in [0.1, 0.15) is 39.0 Å². The zero-order valence-electron chi connectivity index (χ0n) is 13.1. The second kappa shape index (κ2) is 6.76. The molecular weight excluding hydrogens is 266 g/mol. The monoisotopic (exact) mass is 289 g/mol. The van der Waals surface area contributed by atoms with Gasteiger partial charge in [-0.25, -0.2) is 0 Å². The van der Waals surface area contributed by atoms with Crippen LogP contribution < -0.4 is 5.32 Å². The minimum atomic E-state index is -0.321. The average molecular weight is 289 g/mol. The number of methoxy groups -OCH3 is 1. The molecule has 0 spiro atoms. The summed E-state index contributed by atoms with van der Waals surface area (Å²) in [5.41, 5.74) is 0.861. The molecule has 1 N–H and O–H groups in total.